The number of hydrogen-bond donors (Lipinski definition) is 2. The second kappa shape index (κ2) is 5.00. The van der Waals surface area contributed by atoms with E-state index in [4.69, 9.17) is 5.73 Å². The van der Waals surface area contributed by atoms with Gasteiger partial charge >= 0.3 is 0 Å². The van der Waals surface area contributed by atoms with Crippen molar-refractivity contribution in [3.8, 4) is 0 Å². The molecule has 2 aliphatic rings. The number of allylic oxidation sites excluding steroid dienone is 2. The highest BCUT2D eigenvalue weighted by Gasteiger charge is 2.34. The molecule has 2 rings (SSSR count). The fourth-order valence-corrected chi connectivity index (χ4v) is 2.88. The van der Waals surface area contributed by atoms with Crippen LogP contribution in [-0.2, 0) is 4.79 Å². The molecule has 0 aliphatic heterocycles. The lowest BCUT2D eigenvalue weighted by Gasteiger charge is -2.29. The molecule has 3 nitrogen and oxygen atoms in total. The first-order chi connectivity index (χ1) is 7.74. The molecule has 0 spiro atoms. The molecule has 90 valence electrons. The third kappa shape index (κ3) is 2.64. The van der Waals surface area contributed by atoms with Gasteiger partial charge in [0, 0.05) is 13.0 Å². The zero-order valence-electron chi connectivity index (χ0n) is 9.87. The van der Waals surface area contributed by atoms with Gasteiger partial charge in [0.25, 0.3) is 0 Å². The van der Waals surface area contributed by atoms with Crippen molar-refractivity contribution in [2.24, 2.45) is 11.7 Å². The molecule has 1 atom stereocenters. The van der Waals surface area contributed by atoms with Gasteiger partial charge in [0.15, 0.2) is 0 Å². The Hall–Kier alpha value is -0.830. The molecule has 1 unspecified atom stereocenters. The fourth-order valence-electron chi connectivity index (χ4n) is 2.88. The van der Waals surface area contributed by atoms with Gasteiger partial charge in [0.1, 0.15) is 0 Å². The van der Waals surface area contributed by atoms with Gasteiger partial charge in [-0.3, -0.25) is 4.79 Å². The van der Waals surface area contributed by atoms with Crippen LogP contribution in [0.2, 0.25) is 0 Å². The van der Waals surface area contributed by atoms with Crippen LogP contribution >= 0.6 is 0 Å². The Labute approximate surface area is 97.5 Å². The largest absolute Gasteiger partial charge is 0.349 e. The first-order valence-corrected chi connectivity index (χ1v) is 6.42. The van der Waals surface area contributed by atoms with Gasteiger partial charge in [-0.1, -0.05) is 25.0 Å². The van der Waals surface area contributed by atoms with E-state index in [1.165, 1.54) is 12.8 Å². The highest BCUT2D eigenvalue weighted by atomic mass is 16.1. The van der Waals surface area contributed by atoms with Gasteiger partial charge in [0.05, 0.1) is 5.54 Å². The van der Waals surface area contributed by atoms with E-state index in [1.807, 2.05) is 0 Å². The molecular weight excluding hydrogens is 200 g/mol. The van der Waals surface area contributed by atoms with Crippen molar-refractivity contribution in [2.45, 2.75) is 50.5 Å². The van der Waals surface area contributed by atoms with E-state index < -0.39 is 0 Å². The lowest BCUT2D eigenvalue weighted by molar-refractivity contribution is -0.123. The highest BCUT2D eigenvalue weighted by molar-refractivity contribution is 5.77. The van der Waals surface area contributed by atoms with Crippen LogP contribution < -0.4 is 11.1 Å². The Morgan fingerprint density at radius 3 is 2.75 bits per heavy atom. The summed E-state index contributed by atoms with van der Waals surface area (Å²) >= 11 is 0. The number of carbonyl (C=O) groups is 1. The van der Waals surface area contributed by atoms with E-state index in [0.29, 0.717) is 18.9 Å². The highest BCUT2D eigenvalue weighted by Crippen LogP contribution is 2.29. The maximum absolute atomic E-state index is 11.9. The Morgan fingerprint density at radius 1 is 1.44 bits per heavy atom. The minimum absolute atomic E-state index is 0.0839. The number of carbonyl (C=O) groups excluding carboxylic acids is 1. The van der Waals surface area contributed by atoms with Crippen LogP contribution in [0.25, 0.3) is 0 Å². The maximum atomic E-state index is 11.9. The van der Waals surface area contributed by atoms with Crippen molar-refractivity contribution < 1.29 is 4.79 Å². The monoisotopic (exact) mass is 222 g/mol. The summed E-state index contributed by atoms with van der Waals surface area (Å²) in [4.78, 5) is 11.9. The fraction of sp³-hybridized carbons (Fsp3) is 0.769. The standard InChI is InChI=1S/C13H22N2O/c14-10-13(7-3-4-8-13)15-12(16)9-11-5-1-2-6-11/h1,5,11H,2-4,6-10,14H2,(H,15,16). The number of nitrogens with two attached hydrogens (primary N) is 1. The van der Waals surface area contributed by atoms with Crippen LogP contribution in [0.4, 0.5) is 0 Å². The summed E-state index contributed by atoms with van der Waals surface area (Å²) < 4.78 is 0. The molecule has 0 saturated heterocycles. The Morgan fingerprint density at radius 2 is 2.19 bits per heavy atom. The second-order valence-corrected chi connectivity index (χ2v) is 5.21. The quantitative estimate of drug-likeness (QED) is 0.712. The Kier molecular flexibility index (Phi) is 3.64. The van der Waals surface area contributed by atoms with Crippen molar-refractivity contribution in [3.63, 3.8) is 0 Å². The molecule has 3 heteroatoms. The summed E-state index contributed by atoms with van der Waals surface area (Å²) in [6, 6.07) is 0. The zero-order chi connectivity index (χ0) is 11.4. The predicted molar refractivity (Wildman–Crippen MR) is 64.9 cm³/mol. The van der Waals surface area contributed by atoms with Crippen molar-refractivity contribution in [2.75, 3.05) is 6.54 Å². The van der Waals surface area contributed by atoms with E-state index in [2.05, 4.69) is 17.5 Å². The summed E-state index contributed by atoms with van der Waals surface area (Å²) in [5.41, 5.74) is 5.71. The summed E-state index contributed by atoms with van der Waals surface area (Å²) in [5.74, 6) is 0.639. The smallest absolute Gasteiger partial charge is 0.221 e. The van der Waals surface area contributed by atoms with E-state index >= 15 is 0 Å². The topological polar surface area (TPSA) is 55.1 Å². The number of rotatable bonds is 4. The van der Waals surface area contributed by atoms with Crippen LogP contribution in [0.15, 0.2) is 12.2 Å². The first kappa shape index (κ1) is 11.6. The van der Waals surface area contributed by atoms with E-state index in [1.54, 1.807) is 0 Å². The SMILES string of the molecule is NCC1(NC(=O)CC2C=CCC2)CCCC1. The average Bonchev–Trinajstić information content (AvgIpc) is 2.90. The number of hydrogen-bond acceptors (Lipinski definition) is 2. The van der Waals surface area contributed by atoms with Crippen LogP contribution in [-0.4, -0.2) is 18.0 Å². The van der Waals surface area contributed by atoms with Crippen molar-refractivity contribution >= 4 is 5.91 Å². The zero-order valence-corrected chi connectivity index (χ0v) is 9.87. The molecule has 1 saturated carbocycles. The number of amides is 1. The lowest BCUT2D eigenvalue weighted by Crippen LogP contribution is -2.51. The van der Waals surface area contributed by atoms with Crippen LogP contribution in [0.1, 0.15) is 44.9 Å². The molecular formula is C13H22N2O. The molecule has 0 bridgehead atoms. The minimum atomic E-state index is -0.0839. The van der Waals surface area contributed by atoms with Gasteiger partial charge in [-0.15, -0.1) is 0 Å². The van der Waals surface area contributed by atoms with Gasteiger partial charge in [-0.05, 0) is 31.6 Å². The molecule has 0 aromatic carbocycles. The molecule has 3 N–H and O–H groups in total. The predicted octanol–water partition coefficient (Wildman–Crippen LogP) is 1.73. The van der Waals surface area contributed by atoms with Crippen molar-refractivity contribution in [1.29, 1.82) is 0 Å². The van der Waals surface area contributed by atoms with Crippen LogP contribution in [0.5, 0.6) is 0 Å². The van der Waals surface area contributed by atoms with Crippen molar-refractivity contribution in [3.05, 3.63) is 12.2 Å². The summed E-state index contributed by atoms with van der Waals surface area (Å²) in [5, 5.41) is 3.17. The molecule has 2 aliphatic carbocycles. The maximum Gasteiger partial charge on any atom is 0.221 e. The summed E-state index contributed by atoms with van der Waals surface area (Å²) in [6.07, 6.45) is 11.7. The summed E-state index contributed by atoms with van der Waals surface area (Å²) in [7, 11) is 0. The molecule has 0 heterocycles. The van der Waals surface area contributed by atoms with Gasteiger partial charge in [0.2, 0.25) is 5.91 Å². The van der Waals surface area contributed by atoms with E-state index in [9.17, 15) is 4.79 Å². The molecule has 1 amide bonds. The van der Waals surface area contributed by atoms with Gasteiger partial charge < -0.3 is 11.1 Å². The molecule has 0 radical (unpaired) electrons. The third-order valence-corrected chi connectivity index (χ3v) is 3.92. The molecule has 0 aromatic heterocycles. The van der Waals surface area contributed by atoms with Crippen LogP contribution in [0.3, 0.4) is 0 Å². The Bertz CT molecular complexity index is 280. The minimum Gasteiger partial charge on any atom is -0.349 e. The first-order valence-electron chi connectivity index (χ1n) is 6.42. The third-order valence-electron chi connectivity index (χ3n) is 3.92. The molecule has 0 aromatic rings. The number of nitrogens with one attached hydrogen (secondary N) is 1. The summed E-state index contributed by atoms with van der Waals surface area (Å²) in [6.45, 7) is 0.583. The normalized spacial score (nSPS) is 27.2. The van der Waals surface area contributed by atoms with E-state index in [0.717, 1.165) is 25.7 Å². The van der Waals surface area contributed by atoms with Gasteiger partial charge in [-0.2, -0.15) is 0 Å². The van der Waals surface area contributed by atoms with Gasteiger partial charge in [-0.25, -0.2) is 0 Å². The van der Waals surface area contributed by atoms with Crippen molar-refractivity contribution in [1.82, 2.24) is 5.32 Å². The Balaban J connectivity index is 1.83. The molecule has 1 fully saturated rings. The lowest BCUT2D eigenvalue weighted by atomic mass is 9.96. The van der Waals surface area contributed by atoms with E-state index in [-0.39, 0.29) is 11.4 Å². The average molecular weight is 222 g/mol. The second-order valence-electron chi connectivity index (χ2n) is 5.21. The van der Waals surface area contributed by atoms with Crippen LogP contribution in [0, 0.1) is 5.92 Å². The molecule has 16 heavy (non-hydrogen) atoms.